The highest BCUT2D eigenvalue weighted by Gasteiger charge is 2.26. The lowest BCUT2D eigenvalue weighted by molar-refractivity contribution is 0.510. The number of fused-ring (bicyclic) bond motifs is 5. The second-order valence-electron chi connectivity index (χ2n) is 22.5. The molecule has 1 aliphatic heterocycles. The molecule has 4 heteroatoms. The molecule has 6 aromatic carbocycles. The standard InChI is InChI=1S/C62H66N2OS/c1-40-34-41-35-55-54-33-31-52(64(49-26-18-45(19-27-49)61(8,9)10)50-28-20-46(21-29-50)62(11,12)13)38-58(54)66-57(55)36-42(41)39-65-56-37-51(30-32-53(40)56)63(47-22-14-43(15-23-47)59(2,3)4)48-24-16-44(17-25-48)60(5,6)7/h14-24,26-39,48H,1,25H2,2-13H3/b41-34-,42-39-. The van der Waals surface area contributed by atoms with Gasteiger partial charge in [0.05, 0.1) is 12.3 Å². The Morgan fingerprint density at radius 1 is 0.530 bits per heavy atom. The van der Waals surface area contributed by atoms with Gasteiger partial charge in [0.2, 0.25) is 0 Å². The van der Waals surface area contributed by atoms with E-state index in [1.165, 1.54) is 42.4 Å². The number of benzene rings is 6. The smallest absolute Gasteiger partial charge is 0.136 e. The summed E-state index contributed by atoms with van der Waals surface area (Å²) in [7, 11) is 0. The van der Waals surface area contributed by atoms with Crippen molar-refractivity contribution in [1.82, 2.24) is 0 Å². The minimum absolute atomic E-state index is 0.0716. The van der Waals surface area contributed by atoms with Gasteiger partial charge in [-0.15, -0.1) is 11.3 Å². The van der Waals surface area contributed by atoms with Gasteiger partial charge in [0.25, 0.3) is 0 Å². The maximum Gasteiger partial charge on any atom is 0.136 e. The lowest BCUT2D eigenvalue weighted by Crippen LogP contribution is -2.31. The minimum Gasteiger partial charge on any atom is -0.464 e. The summed E-state index contributed by atoms with van der Waals surface area (Å²) >= 11 is 1.83. The third-order valence-electron chi connectivity index (χ3n) is 13.4. The highest BCUT2D eigenvalue weighted by atomic mass is 32.1. The molecule has 0 saturated heterocycles. The Kier molecular flexibility index (Phi) is 11.4. The molecule has 0 radical (unpaired) electrons. The molecule has 0 fully saturated rings. The highest BCUT2D eigenvalue weighted by Crippen LogP contribution is 2.43. The van der Waals surface area contributed by atoms with Gasteiger partial charge in [-0.3, -0.25) is 0 Å². The van der Waals surface area contributed by atoms with Crippen molar-refractivity contribution >= 4 is 77.9 Å². The van der Waals surface area contributed by atoms with Crippen molar-refractivity contribution in [2.45, 2.75) is 112 Å². The van der Waals surface area contributed by atoms with E-state index < -0.39 is 0 Å². The molecule has 0 amide bonds. The molecule has 7 aromatic rings. The molecule has 1 aliphatic carbocycles. The molecule has 9 rings (SSSR count). The van der Waals surface area contributed by atoms with Crippen LogP contribution in [0.5, 0.6) is 5.75 Å². The molecule has 3 nitrogen and oxygen atoms in total. The number of hydrogen-bond acceptors (Lipinski definition) is 4. The fourth-order valence-corrected chi connectivity index (χ4v) is 10.5. The molecule has 66 heavy (non-hydrogen) atoms. The van der Waals surface area contributed by atoms with Crippen LogP contribution < -0.4 is 25.0 Å². The van der Waals surface area contributed by atoms with E-state index in [-0.39, 0.29) is 27.7 Å². The van der Waals surface area contributed by atoms with Gasteiger partial charge in [-0.25, -0.2) is 0 Å². The molecule has 1 aromatic heterocycles. The first-order valence-corrected chi connectivity index (χ1v) is 24.4. The first-order valence-electron chi connectivity index (χ1n) is 23.6. The molecular formula is C62H66N2OS. The number of hydrogen-bond donors (Lipinski definition) is 0. The van der Waals surface area contributed by atoms with Crippen molar-refractivity contribution in [3.63, 3.8) is 0 Å². The molecule has 0 spiro atoms. The zero-order valence-electron chi connectivity index (χ0n) is 41.1. The van der Waals surface area contributed by atoms with Crippen LogP contribution in [0.1, 0.15) is 112 Å². The number of rotatable bonds is 6. The van der Waals surface area contributed by atoms with E-state index >= 15 is 0 Å². The third kappa shape index (κ3) is 8.93. The Hall–Kier alpha value is -6.10. The molecule has 1 atom stereocenters. The van der Waals surface area contributed by atoms with Crippen LogP contribution in [0.25, 0.3) is 38.1 Å². The molecule has 0 bridgehead atoms. The van der Waals surface area contributed by atoms with E-state index in [1.807, 2.05) is 17.6 Å². The van der Waals surface area contributed by atoms with Crippen LogP contribution >= 0.6 is 11.3 Å². The van der Waals surface area contributed by atoms with Crippen molar-refractivity contribution in [3.05, 3.63) is 184 Å². The predicted molar refractivity (Wildman–Crippen MR) is 288 cm³/mol. The van der Waals surface area contributed by atoms with Gasteiger partial charge >= 0.3 is 0 Å². The van der Waals surface area contributed by atoms with Crippen molar-refractivity contribution < 1.29 is 4.74 Å². The summed E-state index contributed by atoms with van der Waals surface area (Å²) < 4.78 is 9.20. The molecule has 0 N–H and O–H groups in total. The van der Waals surface area contributed by atoms with Gasteiger partial charge in [-0.1, -0.05) is 150 Å². The lowest BCUT2D eigenvalue weighted by atomic mass is 9.82. The van der Waals surface area contributed by atoms with E-state index in [2.05, 4.69) is 245 Å². The molecule has 2 heterocycles. The summed E-state index contributed by atoms with van der Waals surface area (Å²) in [5.74, 6) is 0.800. The number of ether oxygens (including phenoxy) is 1. The van der Waals surface area contributed by atoms with E-state index in [1.54, 1.807) is 0 Å². The summed E-state index contributed by atoms with van der Waals surface area (Å²) in [6.07, 6.45) is 12.2. The number of nitrogens with zero attached hydrogens (tertiary/aromatic N) is 2. The first kappa shape index (κ1) is 45.1. The largest absolute Gasteiger partial charge is 0.464 e. The molecular weight excluding hydrogens is 821 g/mol. The van der Waals surface area contributed by atoms with Gasteiger partial charge in [-0.05, 0) is 140 Å². The monoisotopic (exact) mass is 886 g/mol. The summed E-state index contributed by atoms with van der Waals surface area (Å²) in [6.45, 7) is 31.9. The van der Waals surface area contributed by atoms with E-state index in [0.29, 0.717) is 0 Å². The minimum atomic E-state index is 0.0716. The van der Waals surface area contributed by atoms with E-state index in [0.717, 1.165) is 62.2 Å². The third-order valence-corrected chi connectivity index (χ3v) is 14.5. The molecule has 336 valence electrons. The Bertz CT molecular complexity index is 3110. The summed E-state index contributed by atoms with van der Waals surface area (Å²) in [5.41, 5.74) is 13.2. The zero-order valence-corrected chi connectivity index (χ0v) is 42.0. The van der Waals surface area contributed by atoms with Crippen molar-refractivity contribution in [3.8, 4) is 5.75 Å². The summed E-state index contributed by atoms with van der Waals surface area (Å²) in [6, 6.07) is 45.6. The maximum atomic E-state index is 6.73. The summed E-state index contributed by atoms with van der Waals surface area (Å²) in [4.78, 5) is 4.85. The van der Waals surface area contributed by atoms with Crippen LogP contribution in [-0.4, -0.2) is 6.04 Å². The molecule has 0 saturated carbocycles. The van der Waals surface area contributed by atoms with E-state index in [9.17, 15) is 0 Å². The van der Waals surface area contributed by atoms with Gasteiger partial charge in [0.15, 0.2) is 0 Å². The fourth-order valence-electron chi connectivity index (χ4n) is 9.30. The SMILES string of the molecule is C=C1/C=c2/cc3c(c/c2=C/Oc2cc(N(c4ccc(C(C)(C)C)cc4)C4C=CC(C(C)(C)C)=CC4)ccc21)sc1cc(N(c2ccc(C(C)(C)C)cc2)c2ccc(C(C)(C)C)cc2)ccc13. The Morgan fingerprint density at radius 2 is 1.06 bits per heavy atom. The first-order chi connectivity index (χ1) is 31.1. The lowest BCUT2D eigenvalue weighted by Gasteiger charge is -2.35. The van der Waals surface area contributed by atoms with Gasteiger partial charge in [-0.2, -0.15) is 0 Å². The maximum absolute atomic E-state index is 6.73. The van der Waals surface area contributed by atoms with Crippen molar-refractivity contribution in [2.24, 2.45) is 5.41 Å². The predicted octanol–water partition coefficient (Wildman–Crippen LogP) is 16.5. The molecule has 2 aliphatic rings. The normalized spacial score (nSPS) is 16.5. The second kappa shape index (κ2) is 16.7. The van der Waals surface area contributed by atoms with Crippen molar-refractivity contribution in [1.29, 1.82) is 0 Å². The number of anilines is 5. The second-order valence-corrected chi connectivity index (χ2v) is 23.6. The molecule has 1 unspecified atom stereocenters. The average Bonchev–Trinajstić information content (AvgIpc) is 3.61. The summed E-state index contributed by atoms with van der Waals surface area (Å²) in [5, 5.41) is 4.62. The van der Waals surface area contributed by atoms with Gasteiger partial charge < -0.3 is 14.5 Å². The van der Waals surface area contributed by atoms with Crippen LogP contribution in [0.15, 0.2) is 152 Å². The quantitative estimate of drug-likeness (QED) is 0.165. The Balaban J connectivity index is 1.09. The number of thiophene rings is 1. The van der Waals surface area contributed by atoms with Gasteiger partial charge in [0, 0.05) is 65.5 Å². The van der Waals surface area contributed by atoms with Crippen LogP contribution in [0, 0.1) is 5.41 Å². The highest BCUT2D eigenvalue weighted by molar-refractivity contribution is 7.25. The Morgan fingerprint density at radius 3 is 1.59 bits per heavy atom. The van der Waals surface area contributed by atoms with Crippen molar-refractivity contribution in [2.75, 3.05) is 9.80 Å². The van der Waals surface area contributed by atoms with Crippen LogP contribution in [0.4, 0.5) is 28.4 Å². The Labute approximate surface area is 397 Å². The topological polar surface area (TPSA) is 15.7 Å². The zero-order chi connectivity index (χ0) is 46.9. The van der Waals surface area contributed by atoms with Gasteiger partial charge in [0.1, 0.15) is 5.75 Å². The number of allylic oxidation sites excluding steroid dienone is 3. The van der Waals surface area contributed by atoms with Crippen LogP contribution in [0.2, 0.25) is 0 Å². The fraction of sp³-hybridized carbons (Fsp3) is 0.290. The van der Waals surface area contributed by atoms with E-state index in [4.69, 9.17) is 4.74 Å². The van der Waals surface area contributed by atoms with Crippen LogP contribution in [-0.2, 0) is 16.2 Å². The van der Waals surface area contributed by atoms with Crippen LogP contribution in [0.3, 0.4) is 0 Å². The average molecular weight is 887 g/mol.